The summed E-state index contributed by atoms with van der Waals surface area (Å²) in [5.74, 6) is -5.88. The lowest BCUT2D eigenvalue weighted by atomic mass is 9.92. The lowest BCUT2D eigenvalue weighted by Crippen LogP contribution is -2.68. The van der Waals surface area contributed by atoms with Crippen molar-refractivity contribution < 1.29 is 45.8 Å². The molecule has 0 bridgehead atoms. The van der Waals surface area contributed by atoms with E-state index >= 15 is 0 Å². The number of methoxy groups -OCH3 is 1. The third-order valence-electron chi connectivity index (χ3n) is 6.00. The average molecular weight is 644 g/mol. The van der Waals surface area contributed by atoms with Gasteiger partial charge in [-0.15, -0.1) is 0 Å². The number of carbonyl (C=O) groups is 2. The molecule has 7 nitrogen and oxygen atoms in total. The van der Waals surface area contributed by atoms with Gasteiger partial charge in [0.2, 0.25) is 6.10 Å². The van der Waals surface area contributed by atoms with Crippen LogP contribution >= 0.6 is 0 Å². The van der Waals surface area contributed by atoms with Crippen LogP contribution in [-0.2, 0) is 9.53 Å². The van der Waals surface area contributed by atoms with Crippen LogP contribution in [0.3, 0.4) is 0 Å². The molecule has 0 aromatic heterocycles. The van der Waals surface area contributed by atoms with Gasteiger partial charge in [0.15, 0.2) is 11.6 Å². The summed E-state index contributed by atoms with van der Waals surface area (Å²) in [6, 6.07) is 17.6. The summed E-state index contributed by atoms with van der Waals surface area (Å²) >= 11 is 0. The number of alkyl halides is 3. The second-order valence-corrected chi connectivity index (χ2v) is 9.31. The van der Waals surface area contributed by atoms with E-state index in [2.05, 4.69) is 10.1 Å². The highest BCUT2D eigenvalue weighted by Gasteiger charge is 2.48. The third-order valence-corrected chi connectivity index (χ3v) is 6.00. The van der Waals surface area contributed by atoms with Crippen LogP contribution in [0.5, 0.6) is 0 Å². The minimum absolute atomic E-state index is 0.214. The molecular formula is C32H39F6N3O4. The van der Waals surface area contributed by atoms with E-state index in [1.54, 1.807) is 6.92 Å². The first-order chi connectivity index (χ1) is 21.3. The van der Waals surface area contributed by atoms with Crippen LogP contribution in [0.25, 0.3) is 0 Å². The largest absolute Gasteiger partial charge is 0.423 e. The lowest BCUT2D eigenvalue weighted by Gasteiger charge is -2.46. The number of likely N-dealkylation sites (tertiary alicyclic amines) is 1. The summed E-state index contributed by atoms with van der Waals surface area (Å²) in [7, 11) is 0.701. The van der Waals surface area contributed by atoms with Gasteiger partial charge in [0, 0.05) is 13.7 Å². The van der Waals surface area contributed by atoms with Crippen LogP contribution in [0.4, 0.5) is 37.7 Å². The van der Waals surface area contributed by atoms with Crippen LogP contribution in [0, 0.1) is 24.4 Å². The van der Waals surface area contributed by atoms with Gasteiger partial charge in [-0.2, -0.15) is 13.2 Å². The Labute approximate surface area is 259 Å². The first kappa shape index (κ1) is 38.9. The van der Waals surface area contributed by atoms with Crippen molar-refractivity contribution >= 4 is 23.2 Å². The van der Waals surface area contributed by atoms with E-state index in [9.17, 15) is 41.0 Å². The second kappa shape index (κ2) is 18.0. The number of β-amino-alcohol motifs (C(OH)–C–C–N with tert-alkyl or cyclic N) is 1. The molecule has 1 unspecified atom stereocenters. The van der Waals surface area contributed by atoms with Gasteiger partial charge in [0.05, 0.1) is 30.0 Å². The molecule has 13 heteroatoms. The molecule has 1 heterocycles. The van der Waals surface area contributed by atoms with Crippen LogP contribution in [0.1, 0.15) is 43.6 Å². The van der Waals surface area contributed by atoms with Crippen LogP contribution in [-0.4, -0.2) is 66.4 Å². The predicted molar refractivity (Wildman–Crippen MR) is 161 cm³/mol. The Kier molecular flexibility index (Phi) is 15.6. The number of amides is 2. The highest BCUT2D eigenvalue weighted by Crippen LogP contribution is 2.31. The first-order valence-corrected chi connectivity index (χ1v) is 14.2. The maximum absolute atomic E-state index is 14.5. The number of aryl methyl sites for hydroxylation is 1. The Morgan fingerprint density at radius 1 is 0.933 bits per heavy atom. The summed E-state index contributed by atoms with van der Waals surface area (Å²) in [4.78, 5) is 25.6. The molecule has 248 valence electrons. The molecule has 4 rings (SSSR count). The van der Waals surface area contributed by atoms with Crippen LogP contribution in [0.2, 0.25) is 0 Å². The van der Waals surface area contributed by atoms with Crippen molar-refractivity contribution in [1.82, 2.24) is 10.2 Å². The van der Waals surface area contributed by atoms with E-state index in [0.29, 0.717) is 18.7 Å². The second-order valence-electron chi connectivity index (χ2n) is 9.31. The Hall–Kier alpha value is -4.10. The monoisotopic (exact) mass is 643 g/mol. The topological polar surface area (TPSA) is 90.9 Å². The molecule has 45 heavy (non-hydrogen) atoms. The van der Waals surface area contributed by atoms with Gasteiger partial charge in [-0.05, 0) is 36.8 Å². The molecular weight excluding hydrogens is 604 g/mol. The standard InChI is InChI=1S/C22H21F6N3O4.C6H6.2C2H6/c1-11-3-6-15(14(24)7-11)30-17-12(4-5-13(23)16(17)25)20(33)31-9-21(34,10-31)8-29-19(32)18(35-2)22(26,27)28;1-2-4-6-5-3-1;2*1-2/h3-7,18,30,34H,8-10H2,1-2H3,(H,29,32);1-6H;2*1-2H3. The Balaban J connectivity index is 0.000000878. The number of ether oxygens (including phenoxy) is 1. The Morgan fingerprint density at radius 2 is 1.47 bits per heavy atom. The minimum atomic E-state index is -4.96. The minimum Gasteiger partial charge on any atom is -0.384 e. The van der Waals surface area contributed by atoms with Gasteiger partial charge in [0.1, 0.15) is 11.4 Å². The molecule has 1 aliphatic heterocycles. The highest BCUT2D eigenvalue weighted by atomic mass is 19.4. The molecule has 0 radical (unpaired) electrons. The molecule has 0 saturated carbocycles. The van der Waals surface area contributed by atoms with Gasteiger partial charge in [-0.3, -0.25) is 9.59 Å². The molecule has 2 amide bonds. The quantitative estimate of drug-likeness (QED) is 0.247. The molecule has 1 aliphatic rings. The lowest BCUT2D eigenvalue weighted by molar-refractivity contribution is -0.212. The Bertz CT molecular complexity index is 1340. The van der Waals surface area contributed by atoms with Crippen molar-refractivity contribution in [1.29, 1.82) is 0 Å². The molecule has 1 fully saturated rings. The fourth-order valence-electron chi connectivity index (χ4n) is 3.92. The Morgan fingerprint density at radius 3 is 1.93 bits per heavy atom. The number of carbonyl (C=O) groups excluding carboxylic acids is 2. The SMILES string of the molecule is CC.CC.COC(C(=O)NCC1(O)CN(C(=O)c2ccc(F)c(F)c2Nc2ccc(C)cc2F)C1)C(F)(F)F.c1ccccc1. The zero-order valence-corrected chi connectivity index (χ0v) is 25.9. The van der Waals surface area contributed by atoms with Crippen molar-refractivity contribution in [2.24, 2.45) is 0 Å². The average Bonchev–Trinajstić information content (AvgIpc) is 3.01. The molecule has 3 aromatic rings. The predicted octanol–water partition coefficient (Wildman–Crippen LogP) is 6.78. The molecule has 1 saturated heterocycles. The van der Waals surface area contributed by atoms with Crippen LogP contribution < -0.4 is 10.6 Å². The van der Waals surface area contributed by atoms with Crippen LogP contribution in [0.15, 0.2) is 66.7 Å². The number of aliphatic hydroxyl groups is 1. The number of nitrogens with zero attached hydrogens (tertiary/aromatic N) is 1. The van der Waals surface area contributed by atoms with E-state index < -0.39 is 72.5 Å². The maximum atomic E-state index is 14.5. The normalized spacial score (nSPS) is 13.7. The molecule has 0 aliphatic carbocycles. The number of hydrogen-bond donors (Lipinski definition) is 3. The summed E-state index contributed by atoms with van der Waals surface area (Å²) in [6.45, 7) is 8.15. The summed E-state index contributed by atoms with van der Waals surface area (Å²) < 4.78 is 85.0. The van der Waals surface area contributed by atoms with Crippen molar-refractivity contribution in [3.63, 3.8) is 0 Å². The number of anilines is 2. The number of halogens is 6. The number of hydrogen-bond acceptors (Lipinski definition) is 5. The maximum Gasteiger partial charge on any atom is 0.423 e. The highest BCUT2D eigenvalue weighted by molar-refractivity contribution is 6.01. The van der Waals surface area contributed by atoms with Gasteiger partial charge in [-0.25, -0.2) is 13.2 Å². The number of nitrogens with one attached hydrogen (secondary N) is 2. The van der Waals surface area contributed by atoms with E-state index in [1.807, 2.05) is 69.4 Å². The molecule has 3 N–H and O–H groups in total. The van der Waals surface area contributed by atoms with Crippen molar-refractivity contribution in [2.75, 3.05) is 32.1 Å². The van der Waals surface area contributed by atoms with Gasteiger partial charge in [-0.1, -0.05) is 70.2 Å². The smallest absolute Gasteiger partial charge is 0.384 e. The van der Waals surface area contributed by atoms with E-state index in [0.717, 1.165) is 17.0 Å². The zero-order valence-electron chi connectivity index (χ0n) is 25.9. The van der Waals surface area contributed by atoms with Crippen molar-refractivity contribution in [2.45, 2.75) is 52.5 Å². The molecule has 0 spiro atoms. The zero-order chi connectivity index (χ0) is 34.4. The third kappa shape index (κ3) is 11.1. The fraction of sp³-hybridized carbons (Fsp3) is 0.375. The van der Waals surface area contributed by atoms with E-state index in [-0.39, 0.29) is 11.3 Å². The summed E-state index contributed by atoms with van der Waals surface area (Å²) in [6.07, 6.45) is -7.70. The van der Waals surface area contributed by atoms with Gasteiger partial charge >= 0.3 is 6.18 Å². The van der Waals surface area contributed by atoms with Crippen molar-refractivity contribution in [3.05, 3.63) is 95.3 Å². The first-order valence-electron chi connectivity index (χ1n) is 14.2. The number of benzene rings is 3. The van der Waals surface area contributed by atoms with Gasteiger partial charge in [0.25, 0.3) is 11.8 Å². The number of rotatable bonds is 7. The van der Waals surface area contributed by atoms with Crippen molar-refractivity contribution in [3.8, 4) is 0 Å². The van der Waals surface area contributed by atoms with Gasteiger partial charge < -0.3 is 25.4 Å². The van der Waals surface area contributed by atoms with E-state index in [4.69, 9.17) is 0 Å². The fourth-order valence-corrected chi connectivity index (χ4v) is 3.92. The summed E-state index contributed by atoms with van der Waals surface area (Å²) in [5.41, 5.74) is -2.40. The molecule has 1 atom stereocenters. The summed E-state index contributed by atoms with van der Waals surface area (Å²) in [5, 5.41) is 14.7. The van der Waals surface area contributed by atoms with E-state index in [1.165, 1.54) is 12.1 Å². The molecule has 3 aromatic carbocycles.